The van der Waals surface area contributed by atoms with Crippen molar-refractivity contribution in [2.75, 3.05) is 11.9 Å². The van der Waals surface area contributed by atoms with Crippen molar-refractivity contribution in [2.24, 2.45) is 0 Å². The van der Waals surface area contributed by atoms with Gasteiger partial charge in [-0.15, -0.1) is 0 Å². The molecule has 30 heavy (non-hydrogen) atoms. The molecule has 0 spiro atoms. The van der Waals surface area contributed by atoms with Crippen LogP contribution < -0.4 is 10.8 Å². The number of benzene rings is 1. The van der Waals surface area contributed by atoms with Crippen molar-refractivity contribution in [1.29, 1.82) is 5.26 Å². The summed E-state index contributed by atoms with van der Waals surface area (Å²) in [5.74, 6) is 0.743. The molecule has 3 N–H and O–H groups in total. The second-order valence-corrected chi connectivity index (χ2v) is 7.36. The molecule has 1 aromatic carbocycles. The summed E-state index contributed by atoms with van der Waals surface area (Å²) in [6.45, 7) is 1.78. The monoisotopic (exact) mass is 399 g/mol. The first kappa shape index (κ1) is 20.0. The van der Waals surface area contributed by atoms with Gasteiger partial charge in [0.25, 0.3) is 0 Å². The Hall–Kier alpha value is -3.25. The van der Waals surface area contributed by atoms with E-state index in [1.54, 1.807) is 24.4 Å². The number of likely N-dealkylation sites (tertiary alicyclic amines) is 1. The Kier molecular flexibility index (Phi) is 6.05. The molecule has 0 saturated carbocycles. The van der Waals surface area contributed by atoms with Crippen LogP contribution in [0.3, 0.4) is 0 Å². The SMILES string of the molecule is N#Cc1ccc(Nc2cccc([C@@H]3CCCN3Cc3ccc(B(O)O)cc3)n2)cn1. The number of pyridine rings is 2. The number of nitriles is 1. The van der Waals surface area contributed by atoms with Gasteiger partial charge in [0, 0.05) is 6.54 Å². The third kappa shape index (κ3) is 4.66. The minimum atomic E-state index is -1.44. The molecule has 1 atom stereocenters. The fourth-order valence-electron chi connectivity index (χ4n) is 3.77. The summed E-state index contributed by atoms with van der Waals surface area (Å²) in [6.07, 6.45) is 3.78. The van der Waals surface area contributed by atoms with Crippen LogP contribution in [0.15, 0.2) is 60.8 Å². The Bertz CT molecular complexity index is 1030. The van der Waals surface area contributed by atoms with E-state index < -0.39 is 7.12 Å². The molecule has 0 bridgehead atoms. The highest BCUT2D eigenvalue weighted by Crippen LogP contribution is 2.32. The van der Waals surface area contributed by atoms with Crippen LogP contribution in [-0.4, -0.2) is 38.6 Å². The van der Waals surface area contributed by atoms with E-state index >= 15 is 0 Å². The highest BCUT2D eigenvalue weighted by Gasteiger charge is 2.27. The average molecular weight is 399 g/mol. The molecule has 150 valence electrons. The molecule has 3 heterocycles. The molecule has 1 aliphatic rings. The van der Waals surface area contributed by atoms with Gasteiger partial charge >= 0.3 is 7.12 Å². The topological polar surface area (TPSA) is 105 Å². The van der Waals surface area contributed by atoms with Gasteiger partial charge in [0.2, 0.25) is 0 Å². The zero-order valence-corrected chi connectivity index (χ0v) is 16.4. The maximum absolute atomic E-state index is 9.26. The molecule has 0 amide bonds. The summed E-state index contributed by atoms with van der Waals surface area (Å²) in [5.41, 5.74) is 3.80. The third-order valence-corrected chi connectivity index (χ3v) is 5.29. The van der Waals surface area contributed by atoms with Gasteiger partial charge in [0.15, 0.2) is 0 Å². The molecular formula is C22H22BN5O2. The third-order valence-electron chi connectivity index (χ3n) is 5.29. The number of nitrogens with one attached hydrogen (secondary N) is 1. The summed E-state index contributed by atoms with van der Waals surface area (Å²) in [5, 5.41) is 30.6. The Balaban J connectivity index is 1.47. The van der Waals surface area contributed by atoms with E-state index in [4.69, 9.17) is 10.2 Å². The van der Waals surface area contributed by atoms with Gasteiger partial charge in [-0.05, 0) is 54.7 Å². The molecule has 7 nitrogen and oxygen atoms in total. The molecule has 3 aromatic rings. The summed E-state index contributed by atoms with van der Waals surface area (Å²) in [4.78, 5) is 11.3. The molecule has 0 radical (unpaired) electrons. The summed E-state index contributed by atoms with van der Waals surface area (Å²) in [6, 6.07) is 19.1. The Labute approximate surface area is 175 Å². The van der Waals surface area contributed by atoms with E-state index in [0.717, 1.165) is 48.7 Å². The molecule has 4 rings (SSSR count). The minimum Gasteiger partial charge on any atom is -0.423 e. The lowest BCUT2D eigenvalue weighted by Crippen LogP contribution is -2.30. The van der Waals surface area contributed by atoms with E-state index in [1.165, 1.54) is 0 Å². The second-order valence-electron chi connectivity index (χ2n) is 7.36. The first-order valence-electron chi connectivity index (χ1n) is 9.91. The second kappa shape index (κ2) is 9.05. The zero-order valence-electron chi connectivity index (χ0n) is 16.4. The molecule has 2 aromatic heterocycles. The van der Waals surface area contributed by atoms with Gasteiger partial charge in [-0.2, -0.15) is 5.26 Å². The molecule has 1 aliphatic heterocycles. The maximum atomic E-state index is 9.26. The molecule has 1 fully saturated rings. The number of aromatic nitrogens is 2. The lowest BCUT2D eigenvalue weighted by atomic mass is 9.80. The minimum absolute atomic E-state index is 0.231. The van der Waals surface area contributed by atoms with Crippen molar-refractivity contribution in [3.63, 3.8) is 0 Å². The summed E-state index contributed by atoms with van der Waals surface area (Å²) >= 11 is 0. The number of hydrogen-bond acceptors (Lipinski definition) is 7. The van der Waals surface area contributed by atoms with Crippen molar-refractivity contribution in [3.8, 4) is 6.07 Å². The van der Waals surface area contributed by atoms with Crippen LogP contribution in [0.5, 0.6) is 0 Å². The van der Waals surface area contributed by atoms with Crippen LogP contribution in [-0.2, 0) is 6.54 Å². The van der Waals surface area contributed by atoms with E-state index in [1.807, 2.05) is 36.4 Å². The lowest BCUT2D eigenvalue weighted by Gasteiger charge is -2.24. The number of nitrogens with zero attached hydrogens (tertiary/aromatic N) is 4. The fraction of sp³-hybridized carbons (Fsp3) is 0.227. The van der Waals surface area contributed by atoms with E-state index in [2.05, 4.69) is 21.3 Å². The predicted molar refractivity (Wildman–Crippen MR) is 115 cm³/mol. The van der Waals surface area contributed by atoms with E-state index in [9.17, 15) is 10.0 Å². The van der Waals surface area contributed by atoms with E-state index in [-0.39, 0.29) is 6.04 Å². The average Bonchev–Trinajstić information content (AvgIpc) is 3.23. The Morgan fingerprint density at radius 1 is 1.13 bits per heavy atom. The number of hydrogen-bond donors (Lipinski definition) is 3. The van der Waals surface area contributed by atoms with Gasteiger partial charge in [0.05, 0.1) is 23.6 Å². The van der Waals surface area contributed by atoms with Gasteiger partial charge in [0.1, 0.15) is 17.6 Å². The Morgan fingerprint density at radius 3 is 2.67 bits per heavy atom. The van der Waals surface area contributed by atoms with Crippen LogP contribution in [0, 0.1) is 11.3 Å². The lowest BCUT2D eigenvalue weighted by molar-refractivity contribution is 0.244. The highest BCUT2D eigenvalue weighted by atomic mass is 16.4. The van der Waals surface area contributed by atoms with Crippen molar-refractivity contribution in [3.05, 3.63) is 77.7 Å². The molecule has 8 heteroatoms. The Morgan fingerprint density at radius 2 is 1.97 bits per heavy atom. The van der Waals surface area contributed by atoms with Crippen molar-refractivity contribution in [2.45, 2.75) is 25.4 Å². The van der Waals surface area contributed by atoms with Gasteiger partial charge in [-0.1, -0.05) is 30.3 Å². The molecule has 0 aliphatic carbocycles. The van der Waals surface area contributed by atoms with Crippen LogP contribution in [0.1, 0.15) is 35.8 Å². The van der Waals surface area contributed by atoms with E-state index in [0.29, 0.717) is 11.2 Å². The first-order valence-corrected chi connectivity index (χ1v) is 9.91. The smallest absolute Gasteiger partial charge is 0.423 e. The first-order chi connectivity index (χ1) is 14.6. The van der Waals surface area contributed by atoms with Crippen molar-refractivity contribution < 1.29 is 10.0 Å². The summed E-state index contributed by atoms with van der Waals surface area (Å²) in [7, 11) is -1.44. The van der Waals surface area contributed by atoms with Crippen LogP contribution >= 0.6 is 0 Å². The zero-order chi connectivity index (χ0) is 20.9. The van der Waals surface area contributed by atoms with Crippen molar-refractivity contribution >= 4 is 24.1 Å². The van der Waals surface area contributed by atoms with Gasteiger partial charge < -0.3 is 15.4 Å². The number of rotatable bonds is 6. The molecule has 1 saturated heterocycles. The highest BCUT2D eigenvalue weighted by molar-refractivity contribution is 6.58. The number of anilines is 2. The normalized spacial score (nSPS) is 16.2. The van der Waals surface area contributed by atoms with Crippen LogP contribution in [0.25, 0.3) is 0 Å². The van der Waals surface area contributed by atoms with Gasteiger partial charge in [-0.25, -0.2) is 9.97 Å². The van der Waals surface area contributed by atoms with Crippen molar-refractivity contribution in [1.82, 2.24) is 14.9 Å². The van der Waals surface area contributed by atoms with Gasteiger partial charge in [-0.3, -0.25) is 4.90 Å². The molecule has 0 unspecified atom stereocenters. The fourth-order valence-corrected chi connectivity index (χ4v) is 3.77. The summed E-state index contributed by atoms with van der Waals surface area (Å²) < 4.78 is 0. The predicted octanol–water partition coefficient (Wildman–Crippen LogP) is 2.11. The quantitative estimate of drug-likeness (QED) is 0.545. The van der Waals surface area contributed by atoms with Crippen LogP contribution in [0.2, 0.25) is 0 Å². The molecular weight excluding hydrogens is 377 g/mol. The van der Waals surface area contributed by atoms with Crippen LogP contribution in [0.4, 0.5) is 11.5 Å². The standard InChI is InChI=1S/C22H22BN5O2/c24-13-18-10-11-19(14-25-18)26-22-5-1-3-20(27-22)21-4-2-12-28(21)15-16-6-8-17(9-7-16)23(29)30/h1,3,5-11,14,21,29-30H,2,4,12,15H2,(H,26,27)/t21-/m0/s1. The largest absolute Gasteiger partial charge is 0.488 e. The maximum Gasteiger partial charge on any atom is 0.488 e.